The van der Waals surface area contributed by atoms with Gasteiger partial charge in [0, 0.05) is 29.1 Å². The van der Waals surface area contributed by atoms with E-state index >= 15 is 0 Å². The first-order valence-corrected chi connectivity index (χ1v) is 7.43. The highest BCUT2D eigenvalue weighted by Crippen LogP contribution is 2.24. The number of thiazole rings is 1. The predicted molar refractivity (Wildman–Crippen MR) is 82.2 cm³/mol. The summed E-state index contributed by atoms with van der Waals surface area (Å²) in [7, 11) is 0. The van der Waals surface area contributed by atoms with E-state index in [1.807, 2.05) is 43.5 Å². The molecular formula is C15H18N2O2S. The molecular weight excluding hydrogens is 272 g/mol. The Balaban J connectivity index is 2.04. The zero-order chi connectivity index (χ0) is 14.5. The fourth-order valence-electron chi connectivity index (χ4n) is 1.96. The molecule has 0 spiro atoms. The minimum absolute atomic E-state index is 0.124. The third kappa shape index (κ3) is 4.06. The molecule has 1 heterocycles. The number of nitrogens with zero attached hydrogens (tertiary/aromatic N) is 1. The minimum atomic E-state index is -0.759. The lowest BCUT2D eigenvalue weighted by atomic mass is 10.1. The van der Waals surface area contributed by atoms with Crippen LogP contribution in [0.1, 0.15) is 24.8 Å². The van der Waals surface area contributed by atoms with Crippen molar-refractivity contribution in [2.24, 2.45) is 0 Å². The lowest BCUT2D eigenvalue weighted by Crippen LogP contribution is -2.16. The van der Waals surface area contributed by atoms with Crippen LogP contribution < -0.4 is 5.32 Å². The van der Waals surface area contributed by atoms with Gasteiger partial charge in [-0.15, -0.1) is 11.3 Å². The second-order valence-electron chi connectivity index (χ2n) is 4.81. The van der Waals surface area contributed by atoms with Gasteiger partial charge >= 0.3 is 5.97 Å². The van der Waals surface area contributed by atoms with Crippen molar-refractivity contribution in [3.63, 3.8) is 0 Å². The Morgan fingerprint density at radius 1 is 1.50 bits per heavy atom. The van der Waals surface area contributed by atoms with Crippen LogP contribution in [0.2, 0.25) is 0 Å². The molecule has 0 aliphatic heterocycles. The smallest absolute Gasteiger partial charge is 0.303 e. The van der Waals surface area contributed by atoms with Gasteiger partial charge in [0.05, 0.1) is 10.7 Å². The molecule has 0 amide bonds. The lowest BCUT2D eigenvalue weighted by molar-refractivity contribution is -0.137. The van der Waals surface area contributed by atoms with Gasteiger partial charge in [-0.05, 0) is 32.4 Å². The third-order valence-electron chi connectivity index (χ3n) is 2.98. The van der Waals surface area contributed by atoms with Gasteiger partial charge in [-0.25, -0.2) is 4.98 Å². The van der Waals surface area contributed by atoms with E-state index in [1.165, 1.54) is 0 Å². The standard InChI is InChI=1S/C15H18N2O2S/c1-10(6-7-15(18)19)16-13-5-3-4-12(8-13)14-9-20-11(2)17-14/h3-5,8-10,16H,6-7H2,1-2H3,(H,18,19). The van der Waals surface area contributed by atoms with E-state index in [0.29, 0.717) is 6.42 Å². The van der Waals surface area contributed by atoms with Crippen LogP contribution in [0.3, 0.4) is 0 Å². The van der Waals surface area contributed by atoms with Crippen molar-refractivity contribution < 1.29 is 9.90 Å². The number of aryl methyl sites for hydroxylation is 1. The fraction of sp³-hybridized carbons (Fsp3) is 0.333. The summed E-state index contributed by atoms with van der Waals surface area (Å²) in [5.74, 6) is -0.759. The number of nitrogens with one attached hydrogen (secondary N) is 1. The Hall–Kier alpha value is -1.88. The summed E-state index contributed by atoms with van der Waals surface area (Å²) in [5.41, 5.74) is 3.05. The fourth-order valence-corrected chi connectivity index (χ4v) is 2.58. The maximum Gasteiger partial charge on any atom is 0.303 e. The van der Waals surface area contributed by atoms with Gasteiger partial charge in [-0.3, -0.25) is 4.79 Å². The molecule has 0 bridgehead atoms. The predicted octanol–water partition coefficient (Wildman–Crippen LogP) is 3.78. The molecule has 106 valence electrons. The quantitative estimate of drug-likeness (QED) is 0.849. The summed E-state index contributed by atoms with van der Waals surface area (Å²) in [6.07, 6.45) is 0.786. The molecule has 2 aromatic rings. The molecule has 0 fully saturated rings. The number of hydrogen-bond donors (Lipinski definition) is 2. The monoisotopic (exact) mass is 290 g/mol. The maximum atomic E-state index is 10.6. The Morgan fingerprint density at radius 2 is 2.30 bits per heavy atom. The number of carboxylic acid groups (broad SMARTS) is 1. The van der Waals surface area contributed by atoms with E-state index in [4.69, 9.17) is 5.11 Å². The normalized spacial score (nSPS) is 12.1. The van der Waals surface area contributed by atoms with Crippen molar-refractivity contribution in [3.05, 3.63) is 34.7 Å². The summed E-state index contributed by atoms with van der Waals surface area (Å²) < 4.78 is 0. The zero-order valence-corrected chi connectivity index (χ0v) is 12.4. The van der Waals surface area contributed by atoms with Crippen molar-refractivity contribution in [2.75, 3.05) is 5.32 Å². The molecule has 0 saturated heterocycles. The van der Waals surface area contributed by atoms with Crippen LogP contribution in [0.4, 0.5) is 5.69 Å². The molecule has 1 atom stereocenters. The van der Waals surface area contributed by atoms with Gasteiger partial charge in [0.1, 0.15) is 0 Å². The Labute approximate surface area is 122 Å². The Bertz CT molecular complexity index is 595. The van der Waals surface area contributed by atoms with Crippen LogP contribution in [0, 0.1) is 6.92 Å². The van der Waals surface area contributed by atoms with Crippen molar-refractivity contribution >= 4 is 23.0 Å². The van der Waals surface area contributed by atoms with E-state index in [9.17, 15) is 4.79 Å². The lowest BCUT2D eigenvalue weighted by Gasteiger charge is -2.14. The summed E-state index contributed by atoms with van der Waals surface area (Å²) >= 11 is 1.63. The van der Waals surface area contributed by atoms with E-state index in [2.05, 4.69) is 10.3 Å². The Kier molecular flexibility index (Phi) is 4.74. The van der Waals surface area contributed by atoms with E-state index < -0.39 is 5.97 Å². The highest BCUT2D eigenvalue weighted by Gasteiger charge is 2.07. The number of carbonyl (C=O) groups is 1. The second-order valence-corrected chi connectivity index (χ2v) is 5.87. The maximum absolute atomic E-state index is 10.6. The van der Waals surface area contributed by atoms with Crippen LogP contribution in [0.5, 0.6) is 0 Å². The number of rotatable bonds is 6. The molecule has 1 unspecified atom stereocenters. The number of anilines is 1. The van der Waals surface area contributed by atoms with Crippen molar-refractivity contribution in [1.29, 1.82) is 0 Å². The first-order chi connectivity index (χ1) is 9.54. The molecule has 5 heteroatoms. The first kappa shape index (κ1) is 14.5. The van der Waals surface area contributed by atoms with E-state index in [1.54, 1.807) is 11.3 Å². The van der Waals surface area contributed by atoms with Gasteiger partial charge in [0.2, 0.25) is 0 Å². The topological polar surface area (TPSA) is 62.2 Å². The van der Waals surface area contributed by atoms with Gasteiger partial charge < -0.3 is 10.4 Å². The summed E-state index contributed by atoms with van der Waals surface area (Å²) in [5, 5.41) is 15.1. The first-order valence-electron chi connectivity index (χ1n) is 6.55. The molecule has 0 saturated carbocycles. The SMILES string of the molecule is Cc1nc(-c2cccc(NC(C)CCC(=O)O)c2)cs1. The average Bonchev–Trinajstić information content (AvgIpc) is 2.83. The number of carboxylic acids is 1. The van der Waals surface area contributed by atoms with Crippen molar-refractivity contribution in [3.8, 4) is 11.3 Å². The average molecular weight is 290 g/mol. The molecule has 2 N–H and O–H groups in total. The number of aliphatic carboxylic acids is 1. The van der Waals surface area contributed by atoms with Gasteiger partial charge in [0.25, 0.3) is 0 Å². The molecule has 1 aromatic carbocycles. The van der Waals surface area contributed by atoms with E-state index in [0.717, 1.165) is 22.0 Å². The largest absolute Gasteiger partial charge is 0.481 e. The van der Waals surface area contributed by atoms with Crippen molar-refractivity contribution in [1.82, 2.24) is 4.98 Å². The van der Waals surface area contributed by atoms with Crippen LogP contribution in [-0.4, -0.2) is 22.1 Å². The molecule has 0 aliphatic carbocycles. The van der Waals surface area contributed by atoms with Crippen LogP contribution in [0.15, 0.2) is 29.6 Å². The zero-order valence-electron chi connectivity index (χ0n) is 11.6. The van der Waals surface area contributed by atoms with Gasteiger partial charge in [-0.1, -0.05) is 12.1 Å². The van der Waals surface area contributed by atoms with Crippen LogP contribution in [-0.2, 0) is 4.79 Å². The highest BCUT2D eigenvalue weighted by molar-refractivity contribution is 7.09. The molecule has 20 heavy (non-hydrogen) atoms. The minimum Gasteiger partial charge on any atom is -0.481 e. The van der Waals surface area contributed by atoms with Gasteiger partial charge in [0.15, 0.2) is 0 Å². The number of hydrogen-bond acceptors (Lipinski definition) is 4. The molecule has 0 aliphatic rings. The number of aromatic nitrogens is 1. The van der Waals surface area contributed by atoms with E-state index in [-0.39, 0.29) is 12.5 Å². The van der Waals surface area contributed by atoms with Crippen LogP contribution in [0.25, 0.3) is 11.3 Å². The molecule has 1 aromatic heterocycles. The van der Waals surface area contributed by atoms with Gasteiger partial charge in [-0.2, -0.15) is 0 Å². The third-order valence-corrected chi connectivity index (χ3v) is 3.76. The summed E-state index contributed by atoms with van der Waals surface area (Å²) in [4.78, 5) is 15.0. The second kappa shape index (κ2) is 6.52. The molecule has 2 rings (SSSR count). The molecule has 0 radical (unpaired) electrons. The van der Waals surface area contributed by atoms with Crippen LogP contribution >= 0.6 is 11.3 Å². The van der Waals surface area contributed by atoms with Crippen molar-refractivity contribution in [2.45, 2.75) is 32.7 Å². The highest BCUT2D eigenvalue weighted by atomic mass is 32.1. The number of benzene rings is 1. The summed E-state index contributed by atoms with van der Waals surface area (Å²) in [6, 6.07) is 8.17. The summed E-state index contributed by atoms with van der Waals surface area (Å²) in [6.45, 7) is 3.98. The molecule has 4 nitrogen and oxygen atoms in total. The Morgan fingerprint density at radius 3 is 2.95 bits per heavy atom.